The molecule has 2 rings (SSSR count). The van der Waals surface area contributed by atoms with Crippen molar-refractivity contribution in [2.24, 2.45) is 11.8 Å². The van der Waals surface area contributed by atoms with Crippen molar-refractivity contribution in [2.75, 3.05) is 27.7 Å². The van der Waals surface area contributed by atoms with Crippen LogP contribution in [0.3, 0.4) is 0 Å². The fourth-order valence-corrected chi connectivity index (χ4v) is 3.30. The van der Waals surface area contributed by atoms with Gasteiger partial charge >= 0.3 is 0 Å². The standard InChI is InChI=1S/C16H29N3O2/c1-12-6-5-7-13(10-12)16(20)15-14(21-4)11-17-19(15)9-8-18(2)3/h11-13,16,20H,5-10H2,1-4H3. The van der Waals surface area contributed by atoms with Crippen LogP contribution >= 0.6 is 0 Å². The van der Waals surface area contributed by atoms with Gasteiger partial charge < -0.3 is 14.7 Å². The molecule has 1 N–H and O–H groups in total. The molecule has 0 radical (unpaired) electrons. The number of likely N-dealkylation sites (N-methyl/N-ethyl adjacent to an activating group) is 1. The summed E-state index contributed by atoms with van der Waals surface area (Å²) in [6.07, 6.45) is 5.90. The maximum Gasteiger partial charge on any atom is 0.162 e. The number of hydrogen-bond acceptors (Lipinski definition) is 4. The van der Waals surface area contributed by atoms with E-state index in [9.17, 15) is 5.11 Å². The summed E-state index contributed by atoms with van der Waals surface area (Å²) in [6.45, 7) is 3.94. The zero-order chi connectivity index (χ0) is 15.4. The van der Waals surface area contributed by atoms with Gasteiger partial charge in [0.2, 0.25) is 0 Å². The van der Waals surface area contributed by atoms with E-state index >= 15 is 0 Å². The fraction of sp³-hybridized carbons (Fsp3) is 0.812. The molecule has 120 valence electrons. The lowest BCUT2D eigenvalue weighted by atomic mass is 9.79. The highest BCUT2D eigenvalue weighted by Crippen LogP contribution is 2.39. The number of nitrogens with zero attached hydrogens (tertiary/aromatic N) is 3. The van der Waals surface area contributed by atoms with E-state index in [4.69, 9.17) is 4.74 Å². The second-order valence-corrected chi connectivity index (χ2v) is 6.60. The molecule has 5 nitrogen and oxygen atoms in total. The van der Waals surface area contributed by atoms with Crippen LogP contribution in [0, 0.1) is 11.8 Å². The lowest BCUT2D eigenvalue weighted by Crippen LogP contribution is -2.25. The average molecular weight is 295 g/mol. The Hall–Kier alpha value is -1.07. The first-order valence-electron chi connectivity index (χ1n) is 7.95. The lowest BCUT2D eigenvalue weighted by Gasteiger charge is -2.31. The first-order chi connectivity index (χ1) is 10.0. The SMILES string of the molecule is COc1cnn(CCN(C)C)c1C(O)C1CCCC(C)C1. The Balaban J connectivity index is 2.17. The van der Waals surface area contributed by atoms with Crippen molar-refractivity contribution in [2.45, 2.75) is 45.3 Å². The first-order valence-corrected chi connectivity index (χ1v) is 7.95. The van der Waals surface area contributed by atoms with Crippen LogP contribution in [-0.2, 0) is 6.54 Å². The molecule has 0 aliphatic heterocycles. The maximum absolute atomic E-state index is 10.9. The predicted octanol–water partition coefficient (Wildman–Crippen LogP) is 2.31. The van der Waals surface area contributed by atoms with Gasteiger partial charge in [-0.3, -0.25) is 4.68 Å². The van der Waals surface area contributed by atoms with Crippen LogP contribution < -0.4 is 4.74 Å². The minimum atomic E-state index is -0.479. The summed E-state index contributed by atoms with van der Waals surface area (Å²) in [4.78, 5) is 2.12. The number of aliphatic hydroxyl groups is 1. The number of rotatable bonds is 6. The second-order valence-electron chi connectivity index (χ2n) is 6.60. The monoisotopic (exact) mass is 295 g/mol. The van der Waals surface area contributed by atoms with E-state index in [0.717, 1.165) is 31.6 Å². The minimum absolute atomic E-state index is 0.317. The Bertz CT molecular complexity index is 445. The molecule has 0 amide bonds. The zero-order valence-corrected chi connectivity index (χ0v) is 13.7. The highest BCUT2D eigenvalue weighted by atomic mass is 16.5. The molecule has 3 atom stereocenters. The van der Waals surface area contributed by atoms with Crippen molar-refractivity contribution in [1.82, 2.24) is 14.7 Å². The number of methoxy groups -OCH3 is 1. The molecular weight excluding hydrogens is 266 g/mol. The molecule has 0 saturated heterocycles. The molecule has 1 saturated carbocycles. The number of ether oxygens (including phenoxy) is 1. The van der Waals surface area contributed by atoms with E-state index in [0.29, 0.717) is 17.6 Å². The summed E-state index contributed by atoms with van der Waals surface area (Å²) in [6, 6.07) is 0. The molecule has 5 heteroatoms. The average Bonchev–Trinajstić information content (AvgIpc) is 2.87. The van der Waals surface area contributed by atoms with Gasteiger partial charge in [-0.25, -0.2) is 0 Å². The van der Waals surface area contributed by atoms with Gasteiger partial charge in [0.15, 0.2) is 5.75 Å². The van der Waals surface area contributed by atoms with Gasteiger partial charge in [0.25, 0.3) is 0 Å². The number of hydrogen-bond donors (Lipinski definition) is 1. The van der Waals surface area contributed by atoms with Crippen molar-refractivity contribution in [3.63, 3.8) is 0 Å². The molecule has 1 heterocycles. The molecule has 0 aromatic carbocycles. The number of aliphatic hydroxyl groups excluding tert-OH is 1. The van der Waals surface area contributed by atoms with Crippen molar-refractivity contribution >= 4 is 0 Å². The van der Waals surface area contributed by atoms with Gasteiger partial charge in [-0.1, -0.05) is 19.8 Å². The lowest BCUT2D eigenvalue weighted by molar-refractivity contribution is 0.0616. The summed E-state index contributed by atoms with van der Waals surface area (Å²) in [5.74, 6) is 1.72. The van der Waals surface area contributed by atoms with Gasteiger partial charge in [-0.05, 0) is 38.8 Å². The van der Waals surface area contributed by atoms with Crippen LogP contribution in [0.1, 0.15) is 44.4 Å². The van der Waals surface area contributed by atoms with Gasteiger partial charge in [0.1, 0.15) is 11.8 Å². The van der Waals surface area contributed by atoms with Crippen LogP contribution in [0.25, 0.3) is 0 Å². The van der Waals surface area contributed by atoms with E-state index in [1.165, 1.54) is 12.8 Å². The maximum atomic E-state index is 10.9. The zero-order valence-electron chi connectivity index (χ0n) is 13.7. The van der Waals surface area contributed by atoms with Crippen LogP contribution in [0.5, 0.6) is 5.75 Å². The van der Waals surface area contributed by atoms with Crippen LogP contribution in [-0.4, -0.2) is 47.5 Å². The molecular formula is C16H29N3O2. The Morgan fingerprint density at radius 2 is 2.24 bits per heavy atom. The van der Waals surface area contributed by atoms with Crippen molar-refractivity contribution in [3.8, 4) is 5.75 Å². The molecule has 0 spiro atoms. The molecule has 1 aliphatic carbocycles. The van der Waals surface area contributed by atoms with Crippen LogP contribution in [0.4, 0.5) is 0 Å². The van der Waals surface area contributed by atoms with Crippen LogP contribution in [0.2, 0.25) is 0 Å². The third-order valence-corrected chi connectivity index (χ3v) is 4.53. The summed E-state index contributed by atoms with van der Waals surface area (Å²) in [5, 5.41) is 15.3. The molecule has 3 unspecified atom stereocenters. The van der Waals surface area contributed by atoms with Crippen LogP contribution in [0.15, 0.2) is 6.20 Å². The largest absolute Gasteiger partial charge is 0.493 e. The van der Waals surface area contributed by atoms with Gasteiger partial charge in [-0.15, -0.1) is 0 Å². The van der Waals surface area contributed by atoms with Gasteiger partial charge in [0, 0.05) is 6.54 Å². The number of aromatic nitrogens is 2. The van der Waals surface area contributed by atoms with Crippen molar-refractivity contribution in [3.05, 3.63) is 11.9 Å². The Morgan fingerprint density at radius 3 is 2.86 bits per heavy atom. The Labute approximate surface area is 127 Å². The van der Waals surface area contributed by atoms with E-state index in [2.05, 4.69) is 16.9 Å². The highest BCUT2D eigenvalue weighted by molar-refractivity contribution is 5.28. The molecule has 1 aromatic rings. The van der Waals surface area contributed by atoms with Crippen molar-refractivity contribution in [1.29, 1.82) is 0 Å². The molecule has 1 fully saturated rings. The first kappa shape index (κ1) is 16.3. The molecule has 21 heavy (non-hydrogen) atoms. The third kappa shape index (κ3) is 3.98. The normalized spacial score (nSPS) is 24.3. The topological polar surface area (TPSA) is 50.5 Å². The minimum Gasteiger partial charge on any atom is -0.493 e. The van der Waals surface area contributed by atoms with E-state index in [1.807, 2.05) is 18.8 Å². The van der Waals surface area contributed by atoms with Crippen molar-refractivity contribution < 1.29 is 9.84 Å². The highest BCUT2D eigenvalue weighted by Gasteiger charge is 2.31. The summed E-state index contributed by atoms with van der Waals surface area (Å²) in [5.41, 5.74) is 0.846. The summed E-state index contributed by atoms with van der Waals surface area (Å²) in [7, 11) is 5.73. The van der Waals surface area contributed by atoms with E-state index in [1.54, 1.807) is 13.3 Å². The fourth-order valence-electron chi connectivity index (χ4n) is 3.30. The quantitative estimate of drug-likeness (QED) is 0.875. The smallest absolute Gasteiger partial charge is 0.162 e. The predicted molar refractivity (Wildman–Crippen MR) is 83.4 cm³/mol. The molecule has 1 aliphatic rings. The summed E-state index contributed by atoms with van der Waals surface area (Å²) >= 11 is 0. The third-order valence-electron chi connectivity index (χ3n) is 4.53. The molecule has 1 aromatic heterocycles. The van der Waals surface area contributed by atoms with E-state index in [-0.39, 0.29) is 0 Å². The Kier molecular flexibility index (Phi) is 5.65. The summed E-state index contributed by atoms with van der Waals surface area (Å²) < 4.78 is 7.32. The van der Waals surface area contributed by atoms with Gasteiger partial charge in [-0.2, -0.15) is 5.10 Å². The Morgan fingerprint density at radius 1 is 1.48 bits per heavy atom. The second kappa shape index (κ2) is 7.27. The molecule has 0 bridgehead atoms. The van der Waals surface area contributed by atoms with Gasteiger partial charge in [0.05, 0.1) is 19.9 Å². The van der Waals surface area contributed by atoms with E-state index < -0.39 is 6.10 Å².